The van der Waals surface area contributed by atoms with Gasteiger partial charge in [-0.25, -0.2) is 4.98 Å². The number of aryl methyl sites for hydroxylation is 1. The Kier molecular flexibility index (Phi) is 3.86. The largest absolute Gasteiger partial charge is 0.364 e. The van der Waals surface area contributed by atoms with Gasteiger partial charge in [0.15, 0.2) is 0 Å². The van der Waals surface area contributed by atoms with Gasteiger partial charge in [-0.05, 0) is 47.7 Å². The van der Waals surface area contributed by atoms with Crippen LogP contribution in [0.3, 0.4) is 0 Å². The number of pyridine rings is 1. The zero-order valence-corrected chi connectivity index (χ0v) is 14.6. The van der Waals surface area contributed by atoms with Crippen LogP contribution < -0.4 is 5.73 Å². The number of hydrogen-bond donors (Lipinski definition) is 2. The summed E-state index contributed by atoms with van der Waals surface area (Å²) in [6.07, 6.45) is 0.634. The van der Waals surface area contributed by atoms with E-state index in [1.165, 1.54) is 22.1 Å². The van der Waals surface area contributed by atoms with Gasteiger partial charge in [-0.1, -0.05) is 18.2 Å². The predicted octanol–water partition coefficient (Wildman–Crippen LogP) is 4.29. The smallest absolute Gasteiger partial charge is 0.267 e. The molecule has 1 amide bonds. The van der Waals surface area contributed by atoms with E-state index in [1.807, 2.05) is 12.1 Å². The second kappa shape index (κ2) is 6.18. The number of benzene rings is 1. The molecule has 0 aliphatic rings. The highest BCUT2D eigenvalue weighted by Crippen LogP contribution is 2.33. The van der Waals surface area contributed by atoms with Gasteiger partial charge in [0.1, 0.15) is 5.69 Å². The van der Waals surface area contributed by atoms with E-state index in [9.17, 15) is 4.79 Å². The van der Waals surface area contributed by atoms with Gasteiger partial charge >= 0.3 is 0 Å². The lowest BCUT2D eigenvalue weighted by Crippen LogP contribution is -2.13. The predicted molar refractivity (Wildman–Crippen MR) is 102 cm³/mol. The second-order valence-electron chi connectivity index (χ2n) is 6.09. The first-order valence-electron chi connectivity index (χ1n) is 8.01. The van der Waals surface area contributed by atoms with Gasteiger partial charge in [0, 0.05) is 34.0 Å². The average molecular weight is 347 g/mol. The Morgan fingerprint density at radius 3 is 2.88 bits per heavy atom. The van der Waals surface area contributed by atoms with Crippen molar-refractivity contribution in [1.82, 2.24) is 9.97 Å². The van der Waals surface area contributed by atoms with Crippen LogP contribution in [0.25, 0.3) is 22.2 Å². The number of aromatic amines is 1. The van der Waals surface area contributed by atoms with Crippen LogP contribution in [0.15, 0.2) is 53.2 Å². The molecule has 3 aromatic heterocycles. The molecular formula is C20H17N3OS. The van der Waals surface area contributed by atoms with E-state index in [1.54, 1.807) is 17.4 Å². The summed E-state index contributed by atoms with van der Waals surface area (Å²) in [5.74, 6) is -0.505. The number of nitrogens with two attached hydrogens (primary N) is 1. The lowest BCUT2D eigenvalue weighted by atomic mass is 10.0. The summed E-state index contributed by atoms with van der Waals surface area (Å²) < 4.78 is 0. The van der Waals surface area contributed by atoms with Gasteiger partial charge in [0.25, 0.3) is 5.91 Å². The monoisotopic (exact) mass is 347 g/mol. The molecule has 3 N–H and O–H groups in total. The molecule has 25 heavy (non-hydrogen) atoms. The first-order valence-corrected chi connectivity index (χ1v) is 8.95. The van der Waals surface area contributed by atoms with Crippen LogP contribution >= 0.6 is 11.3 Å². The van der Waals surface area contributed by atoms with Gasteiger partial charge in [0.2, 0.25) is 0 Å². The van der Waals surface area contributed by atoms with Crippen LogP contribution in [0.2, 0.25) is 0 Å². The van der Waals surface area contributed by atoms with Gasteiger partial charge in [-0.3, -0.25) is 4.79 Å². The Bertz CT molecular complexity index is 1060. The van der Waals surface area contributed by atoms with Crippen molar-refractivity contribution in [1.29, 1.82) is 0 Å². The Morgan fingerprint density at radius 2 is 2.12 bits per heavy atom. The van der Waals surface area contributed by atoms with Crippen LogP contribution in [0, 0.1) is 6.92 Å². The number of carbonyl (C=O) groups excluding carboxylic acids is 1. The summed E-state index contributed by atoms with van der Waals surface area (Å²) in [4.78, 5) is 19.4. The Balaban J connectivity index is 1.86. The SMILES string of the molecule is Cc1ccc2c(Cc3cccc(C(N)=O)n3)c(-c3ccsc3)[nH]c2c1. The number of primary amides is 1. The fraction of sp³-hybridized carbons (Fsp3) is 0.100. The third-order valence-electron chi connectivity index (χ3n) is 4.29. The minimum atomic E-state index is -0.505. The van der Waals surface area contributed by atoms with Crippen molar-refractivity contribution in [3.8, 4) is 11.3 Å². The Hall–Kier alpha value is -2.92. The minimum Gasteiger partial charge on any atom is -0.364 e. The molecule has 0 radical (unpaired) electrons. The molecule has 124 valence electrons. The highest BCUT2D eigenvalue weighted by atomic mass is 32.1. The van der Waals surface area contributed by atoms with E-state index in [4.69, 9.17) is 5.73 Å². The normalized spacial score (nSPS) is 11.1. The number of nitrogens with zero attached hydrogens (tertiary/aromatic N) is 1. The van der Waals surface area contributed by atoms with E-state index in [0.717, 1.165) is 16.9 Å². The van der Waals surface area contributed by atoms with E-state index >= 15 is 0 Å². The first kappa shape index (κ1) is 15.6. The maximum Gasteiger partial charge on any atom is 0.267 e. The van der Waals surface area contributed by atoms with E-state index in [-0.39, 0.29) is 0 Å². The van der Waals surface area contributed by atoms with Gasteiger partial charge in [0.05, 0.1) is 5.69 Å². The molecule has 0 fully saturated rings. The quantitative estimate of drug-likeness (QED) is 0.578. The summed E-state index contributed by atoms with van der Waals surface area (Å²) in [6, 6.07) is 13.9. The standard InChI is InChI=1S/C20H17N3OS/c1-12-5-6-15-16(10-14-3-2-4-17(22-14)20(21)24)19(23-18(15)9-12)13-7-8-25-11-13/h2-9,11,23H,10H2,1H3,(H2,21,24). The highest BCUT2D eigenvalue weighted by molar-refractivity contribution is 7.08. The lowest BCUT2D eigenvalue weighted by Gasteiger charge is -2.05. The number of fused-ring (bicyclic) bond motifs is 1. The van der Waals surface area contributed by atoms with Crippen molar-refractivity contribution in [2.75, 3.05) is 0 Å². The summed E-state index contributed by atoms with van der Waals surface area (Å²) in [5, 5.41) is 5.38. The fourth-order valence-electron chi connectivity index (χ4n) is 3.10. The number of carbonyl (C=O) groups is 1. The maximum atomic E-state index is 11.4. The molecule has 0 aliphatic heterocycles. The van der Waals surface area contributed by atoms with Crippen LogP contribution in [-0.2, 0) is 6.42 Å². The molecule has 0 atom stereocenters. The lowest BCUT2D eigenvalue weighted by molar-refractivity contribution is 0.0995. The first-order chi connectivity index (χ1) is 12.1. The molecule has 0 saturated heterocycles. The van der Waals surface area contributed by atoms with Crippen molar-refractivity contribution in [2.45, 2.75) is 13.3 Å². The number of aromatic nitrogens is 2. The highest BCUT2D eigenvalue weighted by Gasteiger charge is 2.15. The third kappa shape index (κ3) is 2.94. The number of hydrogen-bond acceptors (Lipinski definition) is 3. The number of H-pyrrole nitrogens is 1. The van der Waals surface area contributed by atoms with E-state index < -0.39 is 5.91 Å². The molecule has 0 unspecified atom stereocenters. The molecule has 3 heterocycles. The Labute approximate surface area is 149 Å². The van der Waals surface area contributed by atoms with E-state index in [0.29, 0.717) is 12.1 Å². The van der Waals surface area contributed by atoms with Gasteiger partial charge in [-0.2, -0.15) is 11.3 Å². The summed E-state index contributed by atoms with van der Waals surface area (Å²) in [7, 11) is 0. The summed E-state index contributed by atoms with van der Waals surface area (Å²) in [5.41, 5.74) is 12.3. The third-order valence-corrected chi connectivity index (χ3v) is 4.97. The van der Waals surface area contributed by atoms with Gasteiger partial charge in [-0.15, -0.1) is 0 Å². The second-order valence-corrected chi connectivity index (χ2v) is 6.87. The van der Waals surface area contributed by atoms with Crippen molar-refractivity contribution >= 4 is 28.1 Å². The van der Waals surface area contributed by atoms with Crippen molar-refractivity contribution in [3.63, 3.8) is 0 Å². The summed E-state index contributed by atoms with van der Waals surface area (Å²) >= 11 is 1.67. The van der Waals surface area contributed by atoms with Crippen LogP contribution in [0.1, 0.15) is 27.3 Å². The molecule has 4 rings (SSSR count). The molecule has 5 heteroatoms. The molecule has 1 aromatic carbocycles. The molecule has 0 aliphatic carbocycles. The molecule has 0 bridgehead atoms. The zero-order chi connectivity index (χ0) is 17.4. The van der Waals surface area contributed by atoms with Crippen LogP contribution in [0.5, 0.6) is 0 Å². The molecule has 0 saturated carbocycles. The van der Waals surface area contributed by atoms with Crippen molar-refractivity contribution < 1.29 is 4.79 Å². The zero-order valence-electron chi connectivity index (χ0n) is 13.7. The van der Waals surface area contributed by atoms with E-state index in [2.05, 4.69) is 51.9 Å². The van der Waals surface area contributed by atoms with Crippen molar-refractivity contribution in [2.24, 2.45) is 5.73 Å². The number of thiophene rings is 1. The number of nitrogens with one attached hydrogen (secondary N) is 1. The average Bonchev–Trinajstić information content (AvgIpc) is 3.23. The van der Waals surface area contributed by atoms with Crippen LogP contribution in [-0.4, -0.2) is 15.9 Å². The number of rotatable bonds is 4. The summed E-state index contributed by atoms with van der Waals surface area (Å²) in [6.45, 7) is 2.09. The van der Waals surface area contributed by atoms with Gasteiger partial charge < -0.3 is 10.7 Å². The van der Waals surface area contributed by atoms with Crippen molar-refractivity contribution in [3.05, 3.63) is 75.7 Å². The topological polar surface area (TPSA) is 71.8 Å². The molecule has 4 nitrogen and oxygen atoms in total. The molecule has 0 spiro atoms. The molecule has 4 aromatic rings. The number of amides is 1. The Morgan fingerprint density at radius 1 is 1.24 bits per heavy atom. The molecular weight excluding hydrogens is 330 g/mol. The minimum absolute atomic E-state index is 0.297. The van der Waals surface area contributed by atoms with Crippen LogP contribution in [0.4, 0.5) is 0 Å². The fourth-order valence-corrected chi connectivity index (χ4v) is 3.75. The maximum absolute atomic E-state index is 11.4.